The second-order valence-electron chi connectivity index (χ2n) is 3.48. The normalized spacial score (nSPS) is 13.4. The molecule has 94 valence electrons. The van der Waals surface area contributed by atoms with Gasteiger partial charge < -0.3 is 21.1 Å². The van der Waals surface area contributed by atoms with Crippen LogP contribution in [-0.4, -0.2) is 33.8 Å². The lowest BCUT2D eigenvalue weighted by atomic mass is 9.99. The van der Waals surface area contributed by atoms with Crippen LogP contribution in [-0.2, 0) is 0 Å². The molecule has 0 bridgehead atoms. The van der Waals surface area contributed by atoms with Gasteiger partial charge in [-0.05, 0) is 17.7 Å². The summed E-state index contributed by atoms with van der Waals surface area (Å²) in [6.07, 6.45) is 0. The Morgan fingerprint density at radius 1 is 1.47 bits per heavy atom. The number of nitrogens with two attached hydrogens (primary N) is 1. The predicted octanol–water partition coefficient (Wildman–Crippen LogP) is 0.718. The second kappa shape index (κ2) is 4.64. The summed E-state index contributed by atoms with van der Waals surface area (Å²) in [5.74, 6) is -5.56. The molecule has 0 aliphatic rings. The van der Waals surface area contributed by atoms with Gasteiger partial charge in [0, 0.05) is 0 Å². The number of phenols is 1. The minimum Gasteiger partial charge on any atom is -0.507 e. The zero-order valence-corrected chi connectivity index (χ0v) is 8.60. The Morgan fingerprint density at radius 3 is 2.53 bits per heavy atom. The summed E-state index contributed by atoms with van der Waals surface area (Å²) in [6, 6.07) is 1.06. The molecule has 0 unspecified atom stereocenters. The Hall–Kier alpha value is -1.73. The summed E-state index contributed by atoms with van der Waals surface area (Å²) in [5.41, 5.74) is 4.52. The van der Waals surface area contributed by atoms with Crippen LogP contribution in [0.25, 0.3) is 0 Å². The molecule has 0 amide bonds. The largest absolute Gasteiger partial charge is 0.507 e. The molecule has 17 heavy (non-hydrogen) atoms. The third-order valence-electron chi connectivity index (χ3n) is 2.28. The Labute approximate surface area is 95.1 Å². The van der Waals surface area contributed by atoms with Gasteiger partial charge in [-0.25, -0.2) is 13.6 Å². The van der Waals surface area contributed by atoms with Crippen molar-refractivity contribution in [3.8, 4) is 5.75 Å². The maximum atomic E-state index is 13.1. The van der Waals surface area contributed by atoms with Crippen LogP contribution in [0.1, 0.15) is 22.0 Å². The number of aliphatic hydroxyl groups excluding tert-OH is 1. The Morgan fingerprint density at radius 2 is 2.06 bits per heavy atom. The molecule has 0 heterocycles. The van der Waals surface area contributed by atoms with E-state index in [-0.39, 0.29) is 5.56 Å². The highest BCUT2D eigenvalue weighted by atomic mass is 19.3. The topological polar surface area (TPSA) is 104 Å². The third kappa shape index (κ3) is 2.69. The highest BCUT2D eigenvalue weighted by Crippen LogP contribution is 2.31. The van der Waals surface area contributed by atoms with Crippen LogP contribution in [0.4, 0.5) is 8.78 Å². The average molecular weight is 247 g/mol. The molecule has 1 rings (SSSR count). The van der Waals surface area contributed by atoms with Gasteiger partial charge in [0.1, 0.15) is 17.9 Å². The Bertz CT molecular complexity index is 436. The maximum Gasteiger partial charge on any atom is 0.339 e. The standard InChI is InChI=1S/C10H11F2NO4/c11-10(12,4-14)8(13)5-1-2-7(15)6(3-5)9(16)17/h1-3,8,14-15H,4,13H2,(H,16,17)/t8-/m0/s1. The van der Waals surface area contributed by atoms with E-state index in [0.29, 0.717) is 0 Å². The zero-order valence-electron chi connectivity index (χ0n) is 8.60. The summed E-state index contributed by atoms with van der Waals surface area (Å²) in [4.78, 5) is 10.7. The molecule has 1 aromatic rings. The van der Waals surface area contributed by atoms with Gasteiger partial charge in [-0.2, -0.15) is 0 Å². The number of carboxylic acids is 1. The van der Waals surface area contributed by atoms with Gasteiger partial charge in [0.25, 0.3) is 5.92 Å². The number of hydrogen-bond acceptors (Lipinski definition) is 4. The van der Waals surface area contributed by atoms with Gasteiger partial charge in [0.2, 0.25) is 0 Å². The van der Waals surface area contributed by atoms with Crippen molar-refractivity contribution in [2.45, 2.75) is 12.0 Å². The summed E-state index contributed by atoms with van der Waals surface area (Å²) in [6.45, 7) is -1.45. The smallest absolute Gasteiger partial charge is 0.339 e. The molecular formula is C10H11F2NO4. The van der Waals surface area contributed by atoms with Crippen LogP contribution in [0.2, 0.25) is 0 Å². The summed E-state index contributed by atoms with van der Waals surface area (Å²) in [7, 11) is 0. The SMILES string of the molecule is N[C@@H](c1ccc(O)c(C(=O)O)c1)C(F)(F)CO. The predicted molar refractivity (Wildman–Crippen MR) is 54.0 cm³/mol. The van der Waals surface area contributed by atoms with Crippen LogP contribution >= 0.6 is 0 Å². The first-order valence-electron chi connectivity index (χ1n) is 4.60. The molecule has 7 heteroatoms. The van der Waals surface area contributed by atoms with Crippen LogP contribution in [0.5, 0.6) is 5.75 Å². The quantitative estimate of drug-likeness (QED) is 0.627. The number of carboxylic acid groups (broad SMARTS) is 1. The van der Waals surface area contributed by atoms with Gasteiger partial charge in [0.15, 0.2) is 0 Å². The number of halogens is 2. The lowest BCUT2D eigenvalue weighted by Crippen LogP contribution is -2.36. The van der Waals surface area contributed by atoms with E-state index in [9.17, 15) is 18.7 Å². The van der Waals surface area contributed by atoms with Gasteiger partial charge in [0.05, 0.1) is 6.04 Å². The number of aromatic hydroxyl groups is 1. The van der Waals surface area contributed by atoms with Crippen molar-refractivity contribution in [3.05, 3.63) is 29.3 Å². The van der Waals surface area contributed by atoms with E-state index in [4.69, 9.17) is 15.9 Å². The second-order valence-corrected chi connectivity index (χ2v) is 3.48. The lowest BCUT2D eigenvalue weighted by Gasteiger charge is -2.22. The first-order valence-corrected chi connectivity index (χ1v) is 4.60. The van der Waals surface area contributed by atoms with Crippen molar-refractivity contribution in [1.82, 2.24) is 0 Å². The third-order valence-corrected chi connectivity index (χ3v) is 2.28. The number of aliphatic hydroxyl groups is 1. The lowest BCUT2D eigenvalue weighted by molar-refractivity contribution is -0.0712. The first-order chi connectivity index (χ1) is 7.79. The van der Waals surface area contributed by atoms with Gasteiger partial charge in [-0.3, -0.25) is 0 Å². The molecule has 5 N–H and O–H groups in total. The number of hydrogen-bond donors (Lipinski definition) is 4. The Balaban J connectivity index is 3.16. The number of rotatable bonds is 4. The van der Waals surface area contributed by atoms with Crippen LogP contribution in [0, 0.1) is 0 Å². The van der Waals surface area contributed by atoms with E-state index in [0.717, 1.165) is 18.2 Å². The highest BCUT2D eigenvalue weighted by Gasteiger charge is 2.37. The molecule has 0 saturated heterocycles. The summed E-state index contributed by atoms with van der Waals surface area (Å²) < 4.78 is 26.2. The van der Waals surface area contributed by atoms with Crippen molar-refractivity contribution in [3.63, 3.8) is 0 Å². The molecule has 0 radical (unpaired) electrons. The first kappa shape index (κ1) is 13.3. The number of benzene rings is 1. The fraction of sp³-hybridized carbons (Fsp3) is 0.300. The van der Waals surface area contributed by atoms with E-state index in [2.05, 4.69) is 0 Å². The zero-order chi connectivity index (χ0) is 13.2. The Kier molecular flexibility index (Phi) is 3.64. The molecule has 0 saturated carbocycles. The molecule has 0 aromatic heterocycles. The average Bonchev–Trinajstić information content (AvgIpc) is 2.28. The van der Waals surface area contributed by atoms with Crippen molar-refractivity contribution in [2.24, 2.45) is 5.73 Å². The molecule has 0 fully saturated rings. The molecule has 5 nitrogen and oxygen atoms in total. The maximum absolute atomic E-state index is 13.1. The monoisotopic (exact) mass is 247 g/mol. The molecule has 1 aromatic carbocycles. The van der Waals surface area contributed by atoms with Crippen molar-refractivity contribution < 1.29 is 28.9 Å². The van der Waals surface area contributed by atoms with Gasteiger partial charge in [-0.15, -0.1) is 0 Å². The molecular weight excluding hydrogens is 236 g/mol. The fourth-order valence-electron chi connectivity index (χ4n) is 1.26. The molecule has 0 spiro atoms. The number of aromatic carboxylic acids is 1. The van der Waals surface area contributed by atoms with E-state index in [1.807, 2.05) is 0 Å². The van der Waals surface area contributed by atoms with E-state index in [1.54, 1.807) is 0 Å². The molecule has 0 aliphatic carbocycles. The highest BCUT2D eigenvalue weighted by molar-refractivity contribution is 5.90. The minimum atomic E-state index is -3.56. The summed E-state index contributed by atoms with van der Waals surface area (Å²) in [5, 5.41) is 26.3. The van der Waals surface area contributed by atoms with E-state index in [1.165, 1.54) is 0 Å². The summed E-state index contributed by atoms with van der Waals surface area (Å²) >= 11 is 0. The molecule has 1 atom stereocenters. The van der Waals surface area contributed by atoms with E-state index < -0.39 is 35.9 Å². The van der Waals surface area contributed by atoms with Crippen LogP contribution in [0.15, 0.2) is 18.2 Å². The van der Waals surface area contributed by atoms with Gasteiger partial charge in [-0.1, -0.05) is 6.07 Å². The molecule has 0 aliphatic heterocycles. The number of alkyl halides is 2. The van der Waals surface area contributed by atoms with Crippen LogP contribution in [0.3, 0.4) is 0 Å². The van der Waals surface area contributed by atoms with Crippen molar-refractivity contribution >= 4 is 5.97 Å². The minimum absolute atomic E-state index is 0.181. The fourth-order valence-corrected chi connectivity index (χ4v) is 1.26. The van der Waals surface area contributed by atoms with Crippen molar-refractivity contribution in [1.29, 1.82) is 0 Å². The van der Waals surface area contributed by atoms with Gasteiger partial charge >= 0.3 is 5.97 Å². The number of carbonyl (C=O) groups is 1. The van der Waals surface area contributed by atoms with Crippen LogP contribution < -0.4 is 5.73 Å². The van der Waals surface area contributed by atoms with Crippen molar-refractivity contribution in [2.75, 3.05) is 6.61 Å². The van der Waals surface area contributed by atoms with E-state index >= 15 is 0 Å².